The van der Waals surface area contributed by atoms with Crippen molar-refractivity contribution in [1.29, 1.82) is 0 Å². The first kappa shape index (κ1) is 13.0. The van der Waals surface area contributed by atoms with Gasteiger partial charge in [-0.15, -0.1) is 0 Å². The van der Waals surface area contributed by atoms with Gasteiger partial charge in [-0.05, 0) is 19.8 Å². The van der Waals surface area contributed by atoms with Crippen molar-refractivity contribution in [2.24, 2.45) is 0 Å². The number of ether oxygens (including phenoxy) is 1. The lowest BCUT2D eigenvalue weighted by atomic mass is 10.2. The molecule has 6 heteroatoms. The van der Waals surface area contributed by atoms with E-state index in [0.29, 0.717) is 19.0 Å². The highest BCUT2D eigenvalue weighted by Crippen LogP contribution is 2.19. The molecule has 3 atom stereocenters. The number of carboxylic acids is 1. The molecule has 18 heavy (non-hydrogen) atoms. The van der Waals surface area contributed by atoms with Gasteiger partial charge in [0.1, 0.15) is 0 Å². The smallest absolute Gasteiger partial charge is 0.332 e. The Labute approximate surface area is 106 Å². The van der Waals surface area contributed by atoms with E-state index in [1.54, 1.807) is 12.5 Å². The number of nitrogens with one attached hydrogen (secondary N) is 1. The van der Waals surface area contributed by atoms with Crippen molar-refractivity contribution in [3.8, 4) is 0 Å². The fourth-order valence-corrected chi connectivity index (χ4v) is 2.15. The summed E-state index contributed by atoms with van der Waals surface area (Å²) < 4.78 is 7.43. The van der Waals surface area contributed by atoms with Crippen LogP contribution in [0.3, 0.4) is 0 Å². The van der Waals surface area contributed by atoms with Gasteiger partial charge in [0.05, 0.1) is 12.4 Å². The zero-order chi connectivity index (χ0) is 13.0. The molecule has 1 aliphatic heterocycles. The number of hydrogen-bond donors (Lipinski definition) is 2. The average molecular weight is 253 g/mol. The highest BCUT2D eigenvalue weighted by molar-refractivity contribution is 5.72. The minimum Gasteiger partial charge on any atom is -0.479 e. The van der Waals surface area contributed by atoms with E-state index in [4.69, 9.17) is 9.84 Å². The third kappa shape index (κ3) is 3.54. The van der Waals surface area contributed by atoms with E-state index in [0.717, 1.165) is 13.0 Å². The van der Waals surface area contributed by atoms with E-state index in [1.165, 1.54) is 0 Å². The van der Waals surface area contributed by atoms with Crippen molar-refractivity contribution in [3.05, 3.63) is 18.7 Å². The lowest BCUT2D eigenvalue weighted by Crippen LogP contribution is -2.36. The van der Waals surface area contributed by atoms with Gasteiger partial charge in [-0.1, -0.05) is 0 Å². The predicted molar refractivity (Wildman–Crippen MR) is 65.2 cm³/mol. The number of rotatable bonds is 6. The third-order valence-corrected chi connectivity index (χ3v) is 3.12. The largest absolute Gasteiger partial charge is 0.479 e. The van der Waals surface area contributed by atoms with E-state index in [9.17, 15) is 4.79 Å². The molecule has 1 saturated heterocycles. The molecule has 1 aromatic heterocycles. The van der Waals surface area contributed by atoms with Gasteiger partial charge in [-0.2, -0.15) is 0 Å². The van der Waals surface area contributed by atoms with Crippen LogP contribution < -0.4 is 5.32 Å². The maximum Gasteiger partial charge on any atom is 0.332 e. The van der Waals surface area contributed by atoms with Crippen LogP contribution in [-0.2, 0) is 16.1 Å². The summed E-state index contributed by atoms with van der Waals surface area (Å²) in [6.45, 7) is 3.62. The van der Waals surface area contributed by atoms with E-state index < -0.39 is 12.1 Å². The maximum absolute atomic E-state index is 10.7. The highest BCUT2D eigenvalue weighted by atomic mass is 16.5. The Kier molecular flexibility index (Phi) is 4.33. The first-order valence-corrected chi connectivity index (χ1v) is 6.22. The van der Waals surface area contributed by atoms with E-state index in [1.807, 2.05) is 10.8 Å². The molecule has 2 N–H and O–H groups in total. The van der Waals surface area contributed by atoms with Gasteiger partial charge < -0.3 is 19.7 Å². The van der Waals surface area contributed by atoms with Crippen LogP contribution in [0.4, 0.5) is 0 Å². The Morgan fingerprint density at radius 3 is 3.11 bits per heavy atom. The fourth-order valence-electron chi connectivity index (χ4n) is 2.15. The number of nitrogens with zero attached hydrogens (tertiary/aromatic N) is 2. The Morgan fingerprint density at radius 2 is 2.50 bits per heavy atom. The van der Waals surface area contributed by atoms with Gasteiger partial charge in [0.15, 0.2) is 6.10 Å². The molecular weight excluding hydrogens is 234 g/mol. The van der Waals surface area contributed by atoms with Crippen LogP contribution in [0.15, 0.2) is 18.7 Å². The van der Waals surface area contributed by atoms with Crippen LogP contribution in [0.2, 0.25) is 0 Å². The van der Waals surface area contributed by atoms with Gasteiger partial charge in [-0.25, -0.2) is 9.78 Å². The topological polar surface area (TPSA) is 76.4 Å². The monoisotopic (exact) mass is 253 g/mol. The molecule has 0 saturated carbocycles. The van der Waals surface area contributed by atoms with Crippen LogP contribution >= 0.6 is 0 Å². The second-order valence-electron chi connectivity index (χ2n) is 4.73. The second-order valence-corrected chi connectivity index (χ2v) is 4.73. The molecule has 6 nitrogen and oxygen atoms in total. The molecule has 2 heterocycles. The average Bonchev–Trinajstić information content (AvgIpc) is 2.96. The molecule has 2 rings (SSSR count). The fraction of sp³-hybridized carbons (Fsp3) is 0.667. The van der Waals surface area contributed by atoms with Crippen LogP contribution in [-0.4, -0.2) is 45.4 Å². The number of carbonyl (C=O) groups is 1. The summed E-state index contributed by atoms with van der Waals surface area (Å²) in [6, 6.07) is 0.298. The molecule has 0 radical (unpaired) electrons. The van der Waals surface area contributed by atoms with E-state index >= 15 is 0 Å². The zero-order valence-electron chi connectivity index (χ0n) is 10.5. The minimum absolute atomic E-state index is 0.0105. The molecule has 0 bridgehead atoms. The van der Waals surface area contributed by atoms with Crippen molar-refractivity contribution in [2.45, 2.75) is 44.6 Å². The first-order chi connectivity index (χ1) is 8.65. The van der Waals surface area contributed by atoms with Crippen LogP contribution in [0.1, 0.15) is 19.8 Å². The zero-order valence-corrected chi connectivity index (χ0v) is 10.5. The number of aliphatic carboxylic acids is 1. The Hall–Kier alpha value is -1.40. The molecular formula is C12H19N3O3. The summed E-state index contributed by atoms with van der Waals surface area (Å²) >= 11 is 0. The summed E-state index contributed by atoms with van der Waals surface area (Å²) in [6.07, 6.45) is 6.26. The first-order valence-electron chi connectivity index (χ1n) is 6.22. The highest BCUT2D eigenvalue weighted by Gasteiger charge is 2.30. The van der Waals surface area contributed by atoms with Crippen molar-refractivity contribution >= 4 is 5.97 Å². The Bertz CT molecular complexity index is 380. The normalized spacial score (nSPS) is 25.2. The number of hydrogen-bond acceptors (Lipinski definition) is 4. The molecule has 0 amide bonds. The summed E-state index contributed by atoms with van der Waals surface area (Å²) in [4.78, 5) is 14.7. The van der Waals surface area contributed by atoms with Crippen molar-refractivity contribution in [2.75, 3.05) is 6.54 Å². The second kappa shape index (κ2) is 5.97. The standard InChI is InChI=1S/C12H19N3O3/c1-9(7-15-5-4-13-8-15)14-6-10-2-3-11(18-10)12(16)17/h4-5,8-11,14H,2-3,6-7H2,1H3,(H,16,17). The predicted octanol–water partition coefficient (Wildman–Crippen LogP) is 0.493. The maximum atomic E-state index is 10.7. The molecule has 0 aliphatic carbocycles. The summed E-state index contributed by atoms with van der Waals surface area (Å²) in [7, 11) is 0. The third-order valence-electron chi connectivity index (χ3n) is 3.12. The quantitative estimate of drug-likeness (QED) is 0.771. The molecule has 3 unspecified atom stereocenters. The van der Waals surface area contributed by atoms with Crippen molar-refractivity contribution < 1.29 is 14.6 Å². The van der Waals surface area contributed by atoms with Crippen LogP contribution in [0.5, 0.6) is 0 Å². The van der Waals surface area contributed by atoms with Gasteiger partial charge in [0.25, 0.3) is 0 Å². The Morgan fingerprint density at radius 1 is 1.67 bits per heavy atom. The molecule has 0 aromatic carbocycles. The van der Waals surface area contributed by atoms with Crippen molar-refractivity contribution in [3.63, 3.8) is 0 Å². The number of aromatic nitrogens is 2. The van der Waals surface area contributed by atoms with Crippen LogP contribution in [0, 0.1) is 0 Å². The summed E-state index contributed by atoms with van der Waals surface area (Å²) in [5.41, 5.74) is 0. The van der Waals surface area contributed by atoms with Crippen LogP contribution in [0.25, 0.3) is 0 Å². The number of carboxylic acid groups (broad SMARTS) is 1. The lowest BCUT2D eigenvalue weighted by molar-refractivity contribution is -0.149. The lowest BCUT2D eigenvalue weighted by Gasteiger charge is -2.17. The van der Waals surface area contributed by atoms with E-state index in [2.05, 4.69) is 17.2 Å². The molecule has 0 spiro atoms. The molecule has 1 aliphatic rings. The van der Waals surface area contributed by atoms with Gasteiger partial charge in [-0.3, -0.25) is 0 Å². The van der Waals surface area contributed by atoms with Crippen molar-refractivity contribution in [1.82, 2.24) is 14.9 Å². The van der Waals surface area contributed by atoms with Gasteiger partial charge in [0.2, 0.25) is 0 Å². The van der Waals surface area contributed by atoms with Gasteiger partial charge in [0, 0.05) is 31.5 Å². The molecule has 100 valence electrons. The van der Waals surface area contributed by atoms with Gasteiger partial charge >= 0.3 is 5.97 Å². The minimum atomic E-state index is -0.857. The molecule has 1 aromatic rings. The Balaban J connectivity index is 1.67. The number of imidazole rings is 1. The molecule has 1 fully saturated rings. The van der Waals surface area contributed by atoms with E-state index in [-0.39, 0.29) is 6.10 Å². The summed E-state index contributed by atoms with van der Waals surface area (Å²) in [5.74, 6) is -0.857. The SMILES string of the molecule is CC(Cn1ccnc1)NCC1CCC(C(=O)O)O1. The summed E-state index contributed by atoms with van der Waals surface area (Å²) in [5, 5.41) is 12.2.